The summed E-state index contributed by atoms with van der Waals surface area (Å²) in [6, 6.07) is 0. The number of phosphoric ester groups is 1. The maximum Gasteiger partial charge on any atom is 0.472 e. The Balaban J connectivity index is 3.70. The maximum atomic E-state index is 11.9. The van der Waals surface area contributed by atoms with Crippen LogP contribution in [-0.2, 0) is 23.1 Å². The van der Waals surface area contributed by atoms with E-state index in [1.807, 2.05) is 21.1 Å². The van der Waals surface area contributed by atoms with Crippen molar-refractivity contribution in [3.05, 3.63) is 0 Å². The number of hydrogen-bond acceptors (Lipinski definition) is 6. The predicted octanol–water partition coefficient (Wildman–Crippen LogP) is 5.31. The summed E-state index contributed by atoms with van der Waals surface area (Å²) in [4.78, 5) is 9.68. The third-order valence-corrected chi connectivity index (χ3v) is 6.76. The first-order valence-corrected chi connectivity index (χ1v) is 14.8. The smallest absolute Gasteiger partial charge is 0.388 e. The van der Waals surface area contributed by atoms with E-state index in [1.54, 1.807) is 7.11 Å². The van der Waals surface area contributed by atoms with Gasteiger partial charge in [0.25, 0.3) is 0 Å². The number of rotatable bonds is 25. The number of phosphoric acid groups is 1. The van der Waals surface area contributed by atoms with Crippen molar-refractivity contribution in [3.8, 4) is 0 Å². The van der Waals surface area contributed by atoms with Crippen molar-refractivity contribution in [1.82, 2.24) is 0 Å². The summed E-state index contributed by atoms with van der Waals surface area (Å²) >= 11 is 0. The number of likely N-dealkylation sites (N-methyl/N-ethyl adjacent to an activating group) is 1. The van der Waals surface area contributed by atoms with E-state index < -0.39 is 13.9 Å². The molecule has 0 heterocycles. The van der Waals surface area contributed by atoms with Crippen molar-refractivity contribution in [2.24, 2.45) is 0 Å². The van der Waals surface area contributed by atoms with Gasteiger partial charge in [-0.3, -0.25) is 9.05 Å². The van der Waals surface area contributed by atoms with Crippen LogP contribution in [0.1, 0.15) is 90.4 Å². The Kier molecular flexibility index (Phi) is 21.0. The number of aliphatic hydroxyl groups excluding tert-OH is 1. The van der Waals surface area contributed by atoms with Crippen LogP contribution >= 0.6 is 7.82 Å². The lowest BCUT2D eigenvalue weighted by Crippen LogP contribution is -2.37. The number of methoxy groups -OCH3 is 1. The van der Waals surface area contributed by atoms with Gasteiger partial charge in [0.15, 0.2) is 0 Å². The molecule has 0 saturated carbocycles. The average molecular weight is 513 g/mol. The quantitative estimate of drug-likeness (QED) is 0.0972. The van der Waals surface area contributed by atoms with Crippen LogP contribution in [0.4, 0.5) is 0 Å². The van der Waals surface area contributed by atoms with Gasteiger partial charge in [-0.1, -0.05) is 84.0 Å². The van der Waals surface area contributed by atoms with Crippen LogP contribution in [0.5, 0.6) is 0 Å². The van der Waals surface area contributed by atoms with Gasteiger partial charge in [0.05, 0.1) is 47.1 Å². The molecule has 0 aromatic heterocycles. The highest BCUT2D eigenvalue weighted by molar-refractivity contribution is 7.47. The standard InChI is InChI=1S/C25H54NO7P/c1-6-7-8-9-10-11-12-13-14-15-16-17-18-25(30-5)23-31-21-24(27)22-33-34(28,29)32-20-19-26(2,3)4/h24-25,27H,6-23H2,1-5H3/p+1. The highest BCUT2D eigenvalue weighted by atomic mass is 31.2. The molecule has 0 aliphatic rings. The summed E-state index contributed by atoms with van der Waals surface area (Å²) < 4.78 is 33.3. The number of nitrogens with zero attached hydrogens (tertiary/aromatic N) is 1. The van der Waals surface area contributed by atoms with Crippen LogP contribution < -0.4 is 0 Å². The molecule has 0 amide bonds. The average Bonchev–Trinajstić information content (AvgIpc) is 2.76. The van der Waals surface area contributed by atoms with Gasteiger partial charge in [-0.05, 0) is 6.42 Å². The maximum absolute atomic E-state index is 11.9. The van der Waals surface area contributed by atoms with Crippen molar-refractivity contribution < 1.29 is 37.6 Å². The van der Waals surface area contributed by atoms with Crippen molar-refractivity contribution >= 4 is 7.82 Å². The number of ether oxygens (including phenoxy) is 2. The molecule has 0 aromatic rings. The molecule has 0 fully saturated rings. The van der Waals surface area contributed by atoms with Gasteiger partial charge in [-0.25, -0.2) is 4.57 Å². The van der Waals surface area contributed by atoms with Crippen LogP contribution in [-0.4, -0.2) is 87.9 Å². The fourth-order valence-electron chi connectivity index (χ4n) is 3.51. The third kappa shape index (κ3) is 23.7. The Morgan fingerprint density at radius 2 is 1.32 bits per heavy atom. The van der Waals surface area contributed by atoms with E-state index in [-0.39, 0.29) is 25.9 Å². The molecular weight excluding hydrogens is 457 g/mol. The Morgan fingerprint density at radius 3 is 1.82 bits per heavy atom. The molecule has 0 bridgehead atoms. The highest BCUT2D eigenvalue weighted by Gasteiger charge is 2.24. The molecule has 3 unspecified atom stereocenters. The predicted molar refractivity (Wildman–Crippen MR) is 138 cm³/mol. The third-order valence-electron chi connectivity index (χ3n) is 5.77. The molecule has 9 heteroatoms. The van der Waals surface area contributed by atoms with E-state index in [9.17, 15) is 14.6 Å². The molecule has 0 aliphatic heterocycles. The molecule has 0 rings (SSSR count). The van der Waals surface area contributed by atoms with Crippen LogP contribution in [0.25, 0.3) is 0 Å². The fourth-order valence-corrected chi connectivity index (χ4v) is 4.26. The van der Waals surface area contributed by atoms with Crippen LogP contribution in [0.3, 0.4) is 0 Å². The van der Waals surface area contributed by atoms with Gasteiger partial charge in [-0.2, -0.15) is 0 Å². The molecule has 0 spiro atoms. The highest BCUT2D eigenvalue weighted by Crippen LogP contribution is 2.43. The first-order chi connectivity index (χ1) is 16.1. The zero-order valence-electron chi connectivity index (χ0n) is 22.7. The second-order valence-electron chi connectivity index (χ2n) is 10.3. The molecule has 0 radical (unpaired) electrons. The van der Waals surface area contributed by atoms with Crippen molar-refractivity contribution in [2.75, 3.05) is 61.2 Å². The first kappa shape index (κ1) is 34.0. The van der Waals surface area contributed by atoms with Gasteiger partial charge in [0.2, 0.25) is 0 Å². The molecular formula is C25H55NO7P+. The van der Waals surface area contributed by atoms with Gasteiger partial charge in [-0.15, -0.1) is 0 Å². The minimum absolute atomic E-state index is 0.0111. The monoisotopic (exact) mass is 512 g/mol. The minimum Gasteiger partial charge on any atom is -0.388 e. The number of unbranched alkanes of at least 4 members (excludes halogenated alkanes) is 11. The van der Waals surface area contributed by atoms with E-state index in [4.69, 9.17) is 18.5 Å². The van der Waals surface area contributed by atoms with Gasteiger partial charge < -0.3 is 24.0 Å². The topological polar surface area (TPSA) is 94.5 Å². The van der Waals surface area contributed by atoms with E-state index >= 15 is 0 Å². The first-order valence-electron chi connectivity index (χ1n) is 13.3. The van der Waals surface area contributed by atoms with Crippen LogP contribution in [0.15, 0.2) is 0 Å². The molecule has 3 atom stereocenters. The Bertz CT molecular complexity index is 502. The zero-order chi connectivity index (χ0) is 25.7. The lowest BCUT2D eigenvalue weighted by Gasteiger charge is -2.24. The zero-order valence-corrected chi connectivity index (χ0v) is 23.6. The van der Waals surface area contributed by atoms with Crippen LogP contribution in [0.2, 0.25) is 0 Å². The summed E-state index contributed by atoms with van der Waals surface area (Å²) in [5, 5.41) is 9.96. The van der Waals surface area contributed by atoms with E-state index in [1.165, 1.54) is 70.6 Å². The van der Waals surface area contributed by atoms with E-state index in [2.05, 4.69) is 6.92 Å². The largest absolute Gasteiger partial charge is 0.472 e. The van der Waals surface area contributed by atoms with Crippen molar-refractivity contribution in [1.29, 1.82) is 0 Å². The lowest BCUT2D eigenvalue weighted by molar-refractivity contribution is -0.870. The normalized spacial score (nSPS) is 15.9. The second kappa shape index (κ2) is 21.1. The molecule has 0 aliphatic carbocycles. The molecule has 0 saturated heterocycles. The van der Waals surface area contributed by atoms with Gasteiger partial charge >= 0.3 is 7.82 Å². The number of aliphatic hydroxyl groups is 1. The minimum atomic E-state index is -4.18. The van der Waals surface area contributed by atoms with E-state index in [0.29, 0.717) is 17.6 Å². The number of quaternary nitrogens is 1. The fraction of sp³-hybridized carbons (Fsp3) is 1.00. The molecule has 34 heavy (non-hydrogen) atoms. The summed E-state index contributed by atoms with van der Waals surface area (Å²) in [6.45, 7) is 2.98. The summed E-state index contributed by atoms with van der Waals surface area (Å²) in [7, 11) is 3.37. The SMILES string of the molecule is CCCCCCCCCCCCCCC(COCC(O)COP(=O)(O)OCC[N+](C)(C)C)OC. The lowest BCUT2D eigenvalue weighted by atomic mass is 10.0. The molecule has 206 valence electrons. The molecule has 2 N–H and O–H groups in total. The van der Waals surface area contributed by atoms with Crippen molar-refractivity contribution in [3.63, 3.8) is 0 Å². The Morgan fingerprint density at radius 1 is 0.794 bits per heavy atom. The van der Waals surface area contributed by atoms with Crippen LogP contribution in [0, 0.1) is 0 Å². The van der Waals surface area contributed by atoms with Gasteiger partial charge in [0, 0.05) is 7.11 Å². The summed E-state index contributed by atoms with van der Waals surface area (Å²) in [5.74, 6) is 0. The summed E-state index contributed by atoms with van der Waals surface area (Å²) in [6.07, 6.45) is 15.7. The number of hydrogen-bond donors (Lipinski definition) is 2. The van der Waals surface area contributed by atoms with Crippen molar-refractivity contribution in [2.45, 2.75) is 103 Å². The molecule has 8 nitrogen and oxygen atoms in total. The Labute approximate surface area is 209 Å². The second-order valence-corrected chi connectivity index (χ2v) is 11.8. The van der Waals surface area contributed by atoms with Gasteiger partial charge in [0.1, 0.15) is 19.3 Å². The Hall–Kier alpha value is -0.0500. The molecule has 0 aromatic carbocycles. The summed E-state index contributed by atoms with van der Waals surface area (Å²) in [5.41, 5.74) is 0. The van der Waals surface area contributed by atoms with E-state index in [0.717, 1.165) is 12.8 Å².